The van der Waals surface area contributed by atoms with Crippen LogP contribution in [0.15, 0.2) is 29.4 Å². The predicted octanol–water partition coefficient (Wildman–Crippen LogP) is 1.83. The quantitative estimate of drug-likeness (QED) is 0.496. The molecule has 0 unspecified atom stereocenters. The molecule has 1 heterocycles. The summed E-state index contributed by atoms with van der Waals surface area (Å²) in [7, 11) is 1.73. The van der Waals surface area contributed by atoms with Gasteiger partial charge in [0.05, 0.1) is 24.5 Å². The van der Waals surface area contributed by atoms with Gasteiger partial charge in [0, 0.05) is 12.7 Å². The predicted molar refractivity (Wildman–Crippen MR) is 103 cm³/mol. The minimum absolute atomic E-state index is 0.0247. The molecule has 1 aromatic carbocycles. The van der Waals surface area contributed by atoms with Crippen LogP contribution in [0.25, 0.3) is 0 Å². The van der Waals surface area contributed by atoms with E-state index >= 15 is 0 Å². The second kappa shape index (κ2) is 10.5. The number of carbonyl (C=O) groups excluding carboxylic acids is 3. The molecule has 28 heavy (non-hydrogen) atoms. The molecular weight excluding hydrogens is 384 g/mol. The van der Waals surface area contributed by atoms with E-state index in [0.29, 0.717) is 35.4 Å². The minimum Gasteiger partial charge on any atom is -0.466 e. The van der Waals surface area contributed by atoms with E-state index in [1.165, 1.54) is 11.8 Å². The van der Waals surface area contributed by atoms with Crippen LogP contribution < -0.4 is 5.32 Å². The number of anilines is 1. The van der Waals surface area contributed by atoms with Gasteiger partial charge in [-0.15, -0.1) is 10.2 Å². The Labute approximate surface area is 166 Å². The normalized spacial score (nSPS) is 10.4. The number of hydrogen-bond acceptors (Lipinski definition) is 8. The Morgan fingerprint density at radius 1 is 1.07 bits per heavy atom. The fraction of sp³-hybridized carbons (Fsp3) is 0.389. The molecule has 0 saturated heterocycles. The molecule has 1 N–H and O–H groups in total. The third-order valence-electron chi connectivity index (χ3n) is 3.55. The van der Waals surface area contributed by atoms with E-state index in [1.807, 2.05) is 0 Å². The number of esters is 2. The molecular formula is C18H22N4O5S. The number of benzene rings is 1. The monoisotopic (exact) mass is 406 g/mol. The summed E-state index contributed by atoms with van der Waals surface area (Å²) in [5.74, 6) is -0.430. The maximum Gasteiger partial charge on any atom is 0.338 e. The fourth-order valence-corrected chi connectivity index (χ4v) is 2.93. The number of carbonyl (C=O) groups is 3. The molecule has 0 aliphatic rings. The number of rotatable bonds is 9. The second-order valence-corrected chi connectivity index (χ2v) is 6.52. The van der Waals surface area contributed by atoms with Crippen molar-refractivity contribution in [2.45, 2.75) is 25.4 Å². The third-order valence-corrected chi connectivity index (χ3v) is 4.57. The van der Waals surface area contributed by atoms with Crippen molar-refractivity contribution in [2.75, 3.05) is 24.3 Å². The highest BCUT2D eigenvalue weighted by Crippen LogP contribution is 2.17. The van der Waals surface area contributed by atoms with E-state index in [1.54, 1.807) is 49.7 Å². The molecule has 150 valence electrons. The zero-order chi connectivity index (χ0) is 20.5. The van der Waals surface area contributed by atoms with Gasteiger partial charge in [0.1, 0.15) is 12.2 Å². The first-order chi connectivity index (χ1) is 13.4. The SMILES string of the molecule is CCOC(=O)Cc1nnc(SCC(=O)Nc2ccc(C(=O)OCC)cc2)n1C. The Morgan fingerprint density at radius 3 is 2.39 bits per heavy atom. The maximum atomic E-state index is 12.1. The number of nitrogens with zero attached hydrogens (tertiary/aromatic N) is 3. The van der Waals surface area contributed by atoms with E-state index in [2.05, 4.69) is 15.5 Å². The largest absolute Gasteiger partial charge is 0.466 e. The van der Waals surface area contributed by atoms with Gasteiger partial charge in [0.2, 0.25) is 5.91 Å². The standard InChI is InChI=1S/C18H22N4O5S/c1-4-26-16(24)10-14-20-21-18(22(14)3)28-11-15(23)19-13-8-6-12(7-9-13)17(25)27-5-2/h6-9H,4-5,10-11H2,1-3H3,(H,19,23). The molecule has 10 heteroatoms. The van der Waals surface area contributed by atoms with Crippen molar-refractivity contribution in [3.05, 3.63) is 35.7 Å². The Bertz CT molecular complexity index is 835. The summed E-state index contributed by atoms with van der Waals surface area (Å²) in [6.07, 6.45) is 0.0247. The Balaban J connectivity index is 1.86. The Morgan fingerprint density at radius 2 is 1.75 bits per heavy atom. The molecule has 9 nitrogen and oxygen atoms in total. The number of nitrogens with one attached hydrogen (secondary N) is 1. The lowest BCUT2D eigenvalue weighted by atomic mass is 10.2. The van der Waals surface area contributed by atoms with Crippen LogP contribution in [-0.4, -0.2) is 51.6 Å². The number of thioether (sulfide) groups is 1. The fourth-order valence-electron chi connectivity index (χ4n) is 2.20. The van der Waals surface area contributed by atoms with Crippen molar-refractivity contribution in [1.82, 2.24) is 14.8 Å². The first-order valence-corrected chi connectivity index (χ1v) is 9.66. The summed E-state index contributed by atoms with van der Waals surface area (Å²) in [5.41, 5.74) is 0.988. The summed E-state index contributed by atoms with van der Waals surface area (Å²) in [6, 6.07) is 6.44. The lowest BCUT2D eigenvalue weighted by Crippen LogP contribution is -2.15. The van der Waals surface area contributed by atoms with Crippen molar-refractivity contribution in [3.63, 3.8) is 0 Å². The van der Waals surface area contributed by atoms with Crippen molar-refractivity contribution in [1.29, 1.82) is 0 Å². The summed E-state index contributed by atoms with van der Waals surface area (Å²) in [6.45, 7) is 4.08. The van der Waals surface area contributed by atoms with Gasteiger partial charge in [-0.05, 0) is 38.1 Å². The van der Waals surface area contributed by atoms with Crippen molar-refractivity contribution < 1.29 is 23.9 Å². The topological polar surface area (TPSA) is 112 Å². The molecule has 2 rings (SSSR count). The van der Waals surface area contributed by atoms with Gasteiger partial charge in [-0.2, -0.15) is 0 Å². The van der Waals surface area contributed by atoms with Crippen LogP contribution in [-0.2, 0) is 32.5 Å². The molecule has 1 amide bonds. The van der Waals surface area contributed by atoms with Crippen LogP contribution in [0.1, 0.15) is 30.0 Å². The van der Waals surface area contributed by atoms with Gasteiger partial charge in [0.25, 0.3) is 0 Å². The van der Waals surface area contributed by atoms with Gasteiger partial charge in [0.15, 0.2) is 5.16 Å². The van der Waals surface area contributed by atoms with E-state index in [4.69, 9.17) is 9.47 Å². The molecule has 0 fully saturated rings. The van der Waals surface area contributed by atoms with Gasteiger partial charge in [-0.1, -0.05) is 11.8 Å². The first-order valence-electron chi connectivity index (χ1n) is 8.68. The molecule has 0 radical (unpaired) electrons. The van der Waals surface area contributed by atoms with Gasteiger partial charge < -0.3 is 19.4 Å². The van der Waals surface area contributed by atoms with E-state index in [0.717, 1.165) is 0 Å². The molecule has 1 aromatic heterocycles. The summed E-state index contributed by atoms with van der Waals surface area (Å²) < 4.78 is 11.5. The summed E-state index contributed by atoms with van der Waals surface area (Å²) in [4.78, 5) is 35.3. The zero-order valence-electron chi connectivity index (χ0n) is 15.9. The lowest BCUT2D eigenvalue weighted by Gasteiger charge is -2.07. The number of ether oxygens (including phenoxy) is 2. The first kappa shape index (κ1) is 21.4. The van der Waals surface area contributed by atoms with Crippen LogP contribution in [0.2, 0.25) is 0 Å². The smallest absolute Gasteiger partial charge is 0.338 e. The number of hydrogen-bond donors (Lipinski definition) is 1. The number of amides is 1. The third kappa shape index (κ3) is 6.08. The van der Waals surface area contributed by atoms with Crippen LogP contribution in [0.4, 0.5) is 5.69 Å². The van der Waals surface area contributed by atoms with Gasteiger partial charge in [-0.25, -0.2) is 4.79 Å². The maximum absolute atomic E-state index is 12.1. The second-order valence-electron chi connectivity index (χ2n) is 5.57. The molecule has 0 aliphatic heterocycles. The van der Waals surface area contributed by atoms with Crippen molar-refractivity contribution >= 4 is 35.3 Å². The highest BCUT2D eigenvalue weighted by atomic mass is 32.2. The molecule has 0 aliphatic carbocycles. The zero-order valence-corrected chi connectivity index (χ0v) is 16.7. The molecule has 2 aromatic rings. The van der Waals surface area contributed by atoms with Crippen molar-refractivity contribution in [2.24, 2.45) is 7.05 Å². The Kier molecular flexibility index (Phi) is 8.00. The van der Waals surface area contributed by atoms with E-state index in [-0.39, 0.29) is 24.1 Å². The molecule has 0 spiro atoms. The Hall–Kier alpha value is -2.88. The van der Waals surface area contributed by atoms with Crippen LogP contribution >= 0.6 is 11.8 Å². The highest BCUT2D eigenvalue weighted by Gasteiger charge is 2.15. The average Bonchev–Trinajstić information content (AvgIpc) is 3.00. The highest BCUT2D eigenvalue weighted by molar-refractivity contribution is 7.99. The molecule has 0 bridgehead atoms. The van der Waals surface area contributed by atoms with Crippen LogP contribution in [0, 0.1) is 0 Å². The van der Waals surface area contributed by atoms with Crippen molar-refractivity contribution in [3.8, 4) is 0 Å². The lowest BCUT2D eigenvalue weighted by molar-refractivity contribution is -0.142. The van der Waals surface area contributed by atoms with Gasteiger partial charge >= 0.3 is 11.9 Å². The van der Waals surface area contributed by atoms with Crippen LogP contribution in [0.3, 0.4) is 0 Å². The van der Waals surface area contributed by atoms with Gasteiger partial charge in [-0.3, -0.25) is 9.59 Å². The molecule has 0 atom stereocenters. The van der Waals surface area contributed by atoms with E-state index in [9.17, 15) is 14.4 Å². The minimum atomic E-state index is -0.406. The summed E-state index contributed by atoms with van der Waals surface area (Å²) >= 11 is 1.20. The number of aromatic nitrogens is 3. The van der Waals surface area contributed by atoms with E-state index < -0.39 is 5.97 Å². The molecule has 0 saturated carbocycles. The van der Waals surface area contributed by atoms with Crippen LogP contribution in [0.5, 0.6) is 0 Å². The summed E-state index contributed by atoms with van der Waals surface area (Å²) in [5, 5.41) is 11.2. The average molecular weight is 406 g/mol.